The molecule has 0 saturated carbocycles. The molecule has 0 radical (unpaired) electrons. The van der Waals surface area contributed by atoms with Crippen LogP contribution in [0.15, 0.2) is 12.4 Å². The van der Waals surface area contributed by atoms with E-state index in [4.69, 9.17) is 5.73 Å². The van der Waals surface area contributed by atoms with Crippen molar-refractivity contribution in [1.29, 1.82) is 0 Å². The predicted octanol–water partition coefficient (Wildman–Crippen LogP) is 0.446. The van der Waals surface area contributed by atoms with Gasteiger partial charge < -0.3 is 10.6 Å². The Bertz CT molecular complexity index is 373. The lowest BCUT2D eigenvalue weighted by Crippen LogP contribution is -2.41. The molecule has 2 N–H and O–H groups in total. The van der Waals surface area contributed by atoms with Crippen LogP contribution in [0.2, 0.25) is 0 Å². The first-order chi connectivity index (χ1) is 8.58. The fourth-order valence-electron chi connectivity index (χ4n) is 2.78. The highest BCUT2D eigenvalue weighted by atomic mass is 15.3. The smallest absolute Gasteiger partial charge is 0.0538 e. The average Bonchev–Trinajstić information content (AvgIpc) is 2.60. The number of hydrogen-bond donors (Lipinski definition) is 1. The minimum Gasteiger partial charge on any atom is -0.326 e. The number of nitrogens with two attached hydrogens (primary N) is 1. The molecule has 1 saturated heterocycles. The molecule has 2 heterocycles. The summed E-state index contributed by atoms with van der Waals surface area (Å²) in [7, 11) is 4.15. The van der Waals surface area contributed by atoms with Crippen molar-refractivity contribution in [3.8, 4) is 0 Å². The van der Waals surface area contributed by atoms with E-state index in [0.717, 1.165) is 19.6 Å². The van der Waals surface area contributed by atoms with Gasteiger partial charge in [0.15, 0.2) is 0 Å². The van der Waals surface area contributed by atoms with Crippen LogP contribution in [0.3, 0.4) is 0 Å². The maximum atomic E-state index is 6.20. The predicted molar refractivity (Wildman–Crippen MR) is 73.3 cm³/mol. The second-order valence-corrected chi connectivity index (χ2v) is 5.44. The van der Waals surface area contributed by atoms with Crippen LogP contribution in [0, 0.1) is 0 Å². The summed E-state index contributed by atoms with van der Waals surface area (Å²) in [5, 5.41) is 4.28. The minimum absolute atomic E-state index is 0.123. The van der Waals surface area contributed by atoms with Gasteiger partial charge in [0.1, 0.15) is 0 Å². The first kappa shape index (κ1) is 13.5. The zero-order chi connectivity index (χ0) is 13.1. The molecule has 18 heavy (non-hydrogen) atoms. The summed E-state index contributed by atoms with van der Waals surface area (Å²) in [6, 6.07) is 0.405. The number of hydrogen-bond acceptors (Lipinski definition) is 4. The Morgan fingerprint density at radius 2 is 2.00 bits per heavy atom. The molecule has 1 aliphatic heterocycles. The van der Waals surface area contributed by atoms with E-state index in [1.807, 2.05) is 17.9 Å². The Morgan fingerprint density at radius 3 is 2.61 bits per heavy atom. The van der Waals surface area contributed by atoms with Gasteiger partial charge in [0.25, 0.3) is 0 Å². The lowest BCUT2D eigenvalue weighted by atomic mass is 10.0. The van der Waals surface area contributed by atoms with E-state index in [1.54, 1.807) is 0 Å². The van der Waals surface area contributed by atoms with E-state index >= 15 is 0 Å². The van der Waals surface area contributed by atoms with E-state index < -0.39 is 0 Å². The molecule has 5 heteroatoms. The molecule has 0 aromatic carbocycles. The van der Waals surface area contributed by atoms with E-state index in [9.17, 15) is 0 Å². The third-order valence-electron chi connectivity index (χ3n) is 3.71. The van der Waals surface area contributed by atoms with Gasteiger partial charge in [0.05, 0.1) is 12.2 Å². The molecule has 2 rings (SSSR count). The standard InChI is InChI=1S/C13H25N5/c1-11(14)13(12-9-15-17(3)10-12)18-6-4-5-16(2)7-8-18/h9-11,13H,4-8,14H2,1-3H3. The monoisotopic (exact) mass is 251 g/mol. The summed E-state index contributed by atoms with van der Waals surface area (Å²) >= 11 is 0. The second-order valence-electron chi connectivity index (χ2n) is 5.44. The van der Waals surface area contributed by atoms with Crippen LogP contribution in [-0.2, 0) is 7.05 Å². The molecule has 0 amide bonds. The van der Waals surface area contributed by atoms with Gasteiger partial charge in [-0.05, 0) is 26.9 Å². The van der Waals surface area contributed by atoms with E-state index in [2.05, 4.69) is 35.1 Å². The maximum absolute atomic E-state index is 6.20. The van der Waals surface area contributed by atoms with Gasteiger partial charge in [-0.25, -0.2) is 0 Å². The van der Waals surface area contributed by atoms with Crippen LogP contribution in [0.5, 0.6) is 0 Å². The number of rotatable bonds is 3. The van der Waals surface area contributed by atoms with Gasteiger partial charge in [0.2, 0.25) is 0 Å². The van der Waals surface area contributed by atoms with Gasteiger partial charge in [-0.1, -0.05) is 0 Å². The highest BCUT2D eigenvalue weighted by Crippen LogP contribution is 2.24. The molecule has 1 fully saturated rings. The van der Waals surface area contributed by atoms with Crippen molar-refractivity contribution in [3.05, 3.63) is 18.0 Å². The third kappa shape index (κ3) is 3.10. The molecular formula is C13H25N5. The summed E-state index contributed by atoms with van der Waals surface area (Å²) in [6.45, 7) is 6.58. The van der Waals surface area contributed by atoms with Gasteiger partial charge >= 0.3 is 0 Å². The van der Waals surface area contributed by atoms with Gasteiger partial charge in [-0.15, -0.1) is 0 Å². The second kappa shape index (κ2) is 5.82. The van der Waals surface area contributed by atoms with Crippen molar-refractivity contribution in [2.24, 2.45) is 12.8 Å². The lowest BCUT2D eigenvalue weighted by molar-refractivity contribution is 0.182. The topological polar surface area (TPSA) is 50.3 Å². The third-order valence-corrected chi connectivity index (χ3v) is 3.71. The summed E-state index contributed by atoms with van der Waals surface area (Å²) in [4.78, 5) is 4.90. The SMILES string of the molecule is CC(N)C(c1cnn(C)c1)N1CCCN(C)CC1. The average molecular weight is 251 g/mol. The molecule has 1 aromatic heterocycles. The Kier molecular flexibility index (Phi) is 4.37. The highest BCUT2D eigenvalue weighted by molar-refractivity contribution is 5.13. The van der Waals surface area contributed by atoms with Crippen LogP contribution in [-0.4, -0.2) is 58.8 Å². The lowest BCUT2D eigenvalue weighted by Gasteiger charge is -2.32. The zero-order valence-electron chi connectivity index (χ0n) is 11.7. The summed E-state index contributed by atoms with van der Waals surface area (Å²) in [5.74, 6) is 0. The van der Waals surface area contributed by atoms with Crippen LogP contribution < -0.4 is 5.73 Å². The van der Waals surface area contributed by atoms with Crippen molar-refractivity contribution >= 4 is 0 Å². The molecule has 102 valence electrons. The number of likely N-dealkylation sites (N-methyl/N-ethyl adjacent to an activating group) is 1. The Morgan fingerprint density at radius 1 is 1.22 bits per heavy atom. The first-order valence-corrected chi connectivity index (χ1v) is 6.74. The molecule has 0 spiro atoms. The molecule has 1 aliphatic rings. The first-order valence-electron chi connectivity index (χ1n) is 6.74. The molecule has 0 bridgehead atoms. The van der Waals surface area contributed by atoms with Crippen molar-refractivity contribution in [3.63, 3.8) is 0 Å². The Hall–Kier alpha value is -0.910. The van der Waals surface area contributed by atoms with Gasteiger partial charge in [0, 0.05) is 44.5 Å². The van der Waals surface area contributed by atoms with E-state index in [-0.39, 0.29) is 12.1 Å². The highest BCUT2D eigenvalue weighted by Gasteiger charge is 2.26. The molecular weight excluding hydrogens is 226 g/mol. The maximum Gasteiger partial charge on any atom is 0.0538 e. The summed E-state index contributed by atoms with van der Waals surface area (Å²) in [5.41, 5.74) is 7.44. The zero-order valence-corrected chi connectivity index (χ0v) is 11.7. The minimum atomic E-state index is 0.123. The number of aryl methyl sites for hydroxylation is 1. The largest absolute Gasteiger partial charge is 0.326 e. The normalized spacial score (nSPS) is 22.7. The number of nitrogens with zero attached hydrogens (tertiary/aromatic N) is 4. The van der Waals surface area contributed by atoms with Crippen molar-refractivity contribution in [1.82, 2.24) is 19.6 Å². The summed E-state index contributed by atoms with van der Waals surface area (Å²) in [6.07, 6.45) is 5.24. The molecule has 5 nitrogen and oxygen atoms in total. The van der Waals surface area contributed by atoms with E-state index in [0.29, 0.717) is 0 Å². The van der Waals surface area contributed by atoms with Crippen LogP contribution in [0.4, 0.5) is 0 Å². The van der Waals surface area contributed by atoms with Crippen LogP contribution >= 0.6 is 0 Å². The van der Waals surface area contributed by atoms with Crippen molar-refractivity contribution in [2.75, 3.05) is 33.2 Å². The molecule has 0 aliphatic carbocycles. The van der Waals surface area contributed by atoms with Crippen molar-refractivity contribution in [2.45, 2.75) is 25.4 Å². The van der Waals surface area contributed by atoms with Crippen LogP contribution in [0.1, 0.15) is 24.9 Å². The quantitative estimate of drug-likeness (QED) is 0.847. The molecule has 2 unspecified atom stereocenters. The summed E-state index contributed by atoms with van der Waals surface area (Å²) < 4.78 is 1.86. The Balaban J connectivity index is 2.14. The van der Waals surface area contributed by atoms with E-state index in [1.165, 1.54) is 18.5 Å². The van der Waals surface area contributed by atoms with Gasteiger partial charge in [-0.3, -0.25) is 9.58 Å². The van der Waals surface area contributed by atoms with Crippen LogP contribution in [0.25, 0.3) is 0 Å². The van der Waals surface area contributed by atoms with Crippen molar-refractivity contribution < 1.29 is 0 Å². The molecule has 2 atom stereocenters. The Labute approximate surface area is 110 Å². The van der Waals surface area contributed by atoms with Gasteiger partial charge in [-0.2, -0.15) is 5.10 Å². The molecule has 1 aromatic rings. The fraction of sp³-hybridized carbons (Fsp3) is 0.769. The number of aromatic nitrogens is 2. The fourth-order valence-corrected chi connectivity index (χ4v) is 2.78.